The summed E-state index contributed by atoms with van der Waals surface area (Å²) in [4.78, 5) is 18.4. The Balaban J connectivity index is 2.14. The lowest BCUT2D eigenvalue weighted by Crippen LogP contribution is -2.37. The van der Waals surface area contributed by atoms with Crippen LogP contribution in [0.15, 0.2) is 26.9 Å². The SMILES string of the molecule is CCOCC1CCN=C2C=C(I)C=CN2C1=O. The van der Waals surface area contributed by atoms with Crippen LogP contribution in [0.1, 0.15) is 13.3 Å². The number of amides is 1. The van der Waals surface area contributed by atoms with Gasteiger partial charge in [-0.3, -0.25) is 14.7 Å². The third-order valence-electron chi connectivity index (χ3n) is 2.76. The fourth-order valence-corrected chi connectivity index (χ4v) is 2.28. The number of halogens is 1. The van der Waals surface area contributed by atoms with E-state index in [4.69, 9.17) is 4.74 Å². The van der Waals surface area contributed by atoms with Gasteiger partial charge in [-0.15, -0.1) is 0 Å². The van der Waals surface area contributed by atoms with Crippen LogP contribution in [-0.2, 0) is 9.53 Å². The summed E-state index contributed by atoms with van der Waals surface area (Å²) < 4.78 is 6.45. The molecule has 17 heavy (non-hydrogen) atoms. The minimum atomic E-state index is -0.0787. The first-order chi connectivity index (χ1) is 8.22. The number of hydrogen-bond donors (Lipinski definition) is 0. The van der Waals surface area contributed by atoms with Gasteiger partial charge in [0.25, 0.3) is 0 Å². The number of allylic oxidation sites excluding steroid dienone is 2. The summed E-state index contributed by atoms with van der Waals surface area (Å²) >= 11 is 2.22. The van der Waals surface area contributed by atoms with Gasteiger partial charge in [0, 0.05) is 22.9 Å². The normalized spacial score (nSPS) is 24.0. The highest BCUT2D eigenvalue weighted by Gasteiger charge is 2.29. The minimum absolute atomic E-state index is 0.0787. The lowest BCUT2D eigenvalue weighted by Gasteiger charge is -2.23. The maximum atomic E-state index is 12.3. The predicted molar refractivity (Wildman–Crippen MR) is 75.0 cm³/mol. The Morgan fingerprint density at radius 2 is 2.47 bits per heavy atom. The first-order valence-corrected chi connectivity index (χ1v) is 6.81. The lowest BCUT2D eigenvalue weighted by atomic mass is 10.1. The molecule has 0 saturated heterocycles. The number of nitrogens with zero attached hydrogens (tertiary/aromatic N) is 2. The van der Waals surface area contributed by atoms with Crippen molar-refractivity contribution in [2.75, 3.05) is 19.8 Å². The standard InChI is InChI=1S/C12H15IN2O2/c1-2-17-8-9-3-5-14-11-7-10(13)4-6-15(11)12(9)16/h4,6-7,9H,2-3,5,8H2,1H3. The second-order valence-corrected chi connectivity index (χ2v) is 5.18. The molecule has 0 aromatic carbocycles. The van der Waals surface area contributed by atoms with E-state index in [2.05, 4.69) is 27.6 Å². The van der Waals surface area contributed by atoms with Crippen LogP contribution >= 0.6 is 22.6 Å². The van der Waals surface area contributed by atoms with Gasteiger partial charge in [0.2, 0.25) is 5.91 Å². The van der Waals surface area contributed by atoms with E-state index in [1.165, 1.54) is 0 Å². The fourth-order valence-electron chi connectivity index (χ4n) is 1.84. The van der Waals surface area contributed by atoms with Crippen molar-refractivity contribution >= 4 is 34.3 Å². The van der Waals surface area contributed by atoms with E-state index < -0.39 is 0 Å². The predicted octanol–water partition coefficient (Wildman–Crippen LogP) is 2.12. The Labute approximate surface area is 115 Å². The van der Waals surface area contributed by atoms with E-state index in [1.807, 2.05) is 19.1 Å². The van der Waals surface area contributed by atoms with Crippen molar-refractivity contribution in [1.82, 2.24) is 4.90 Å². The monoisotopic (exact) mass is 346 g/mol. The molecule has 2 heterocycles. The largest absolute Gasteiger partial charge is 0.381 e. The van der Waals surface area contributed by atoms with E-state index in [1.54, 1.807) is 11.1 Å². The number of carbonyl (C=O) groups is 1. The molecule has 0 radical (unpaired) electrons. The van der Waals surface area contributed by atoms with E-state index in [9.17, 15) is 4.79 Å². The lowest BCUT2D eigenvalue weighted by molar-refractivity contribution is -0.131. The van der Waals surface area contributed by atoms with Crippen LogP contribution in [0, 0.1) is 5.92 Å². The maximum absolute atomic E-state index is 12.3. The number of amidine groups is 1. The smallest absolute Gasteiger partial charge is 0.237 e. The number of hydrogen-bond acceptors (Lipinski definition) is 3. The van der Waals surface area contributed by atoms with Crippen molar-refractivity contribution in [3.05, 3.63) is 21.9 Å². The number of aliphatic imine (C=N–C) groups is 1. The summed E-state index contributed by atoms with van der Waals surface area (Å²) in [5, 5.41) is 0. The van der Waals surface area contributed by atoms with Gasteiger partial charge in [-0.25, -0.2) is 0 Å². The summed E-state index contributed by atoms with van der Waals surface area (Å²) in [6.07, 6.45) is 6.41. The third kappa shape index (κ3) is 2.95. The number of ether oxygens (including phenoxy) is 1. The molecule has 4 nitrogen and oxygen atoms in total. The molecule has 2 rings (SSSR count). The van der Waals surface area contributed by atoms with Crippen molar-refractivity contribution in [1.29, 1.82) is 0 Å². The average molecular weight is 346 g/mol. The quantitative estimate of drug-likeness (QED) is 0.735. The molecular weight excluding hydrogens is 331 g/mol. The van der Waals surface area contributed by atoms with Crippen LogP contribution in [0.5, 0.6) is 0 Å². The summed E-state index contributed by atoms with van der Waals surface area (Å²) in [6.45, 7) is 3.76. The van der Waals surface area contributed by atoms with Crippen molar-refractivity contribution < 1.29 is 9.53 Å². The van der Waals surface area contributed by atoms with Crippen LogP contribution < -0.4 is 0 Å². The molecule has 0 fully saturated rings. The van der Waals surface area contributed by atoms with Gasteiger partial charge in [-0.2, -0.15) is 0 Å². The highest BCUT2D eigenvalue weighted by Crippen LogP contribution is 2.21. The molecule has 0 aromatic rings. The molecule has 1 unspecified atom stereocenters. The molecule has 0 saturated carbocycles. The maximum Gasteiger partial charge on any atom is 0.237 e. The number of fused-ring (bicyclic) bond motifs is 1. The summed E-state index contributed by atoms with van der Waals surface area (Å²) in [7, 11) is 0. The van der Waals surface area contributed by atoms with Crippen LogP contribution in [-0.4, -0.2) is 36.4 Å². The fraction of sp³-hybridized carbons (Fsp3) is 0.500. The van der Waals surface area contributed by atoms with E-state index in [0.717, 1.165) is 15.8 Å². The summed E-state index contributed by atoms with van der Waals surface area (Å²) in [5.41, 5.74) is 0. The van der Waals surface area contributed by atoms with Gasteiger partial charge in [0.1, 0.15) is 5.84 Å². The number of carbonyl (C=O) groups excluding carboxylic acids is 1. The molecule has 2 aliphatic rings. The van der Waals surface area contributed by atoms with Crippen LogP contribution in [0.25, 0.3) is 0 Å². The second kappa shape index (κ2) is 5.77. The average Bonchev–Trinajstić information content (AvgIpc) is 2.46. The molecule has 0 N–H and O–H groups in total. The van der Waals surface area contributed by atoms with E-state index >= 15 is 0 Å². The van der Waals surface area contributed by atoms with Gasteiger partial charge in [0.05, 0.1) is 12.5 Å². The minimum Gasteiger partial charge on any atom is -0.381 e. The van der Waals surface area contributed by atoms with Crippen molar-refractivity contribution in [2.24, 2.45) is 10.9 Å². The molecule has 0 spiro atoms. The molecular formula is C12H15IN2O2. The van der Waals surface area contributed by atoms with E-state index in [-0.39, 0.29) is 11.8 Å². The summed E-state index contributed by atoms with van der Waals surface area (Å²) in [6, 6.07) is 0. The first kappa shape index (κ1) is 12.8. The van der Waals surface area contributed by atoms with Gasteiger partial charge in [-0.1, -0.05) is 0 Å². The second-order valence-electron chi connectivity index (χ2n) is 3.94. The first-order valence-electron chi connectivity index (χ1n) is 5.73. The van der Waals surface area contributed by atoms with Crippen molar-refractivity contribution in [3.8, 4) is 0 Å². The van der Waals surface area contributed by atoms with Gasteiger partial charge in [0.15, 0.2) is 0 Å². The Bertz CT molecular complexity index is 401. The molecule has 92 valence electrons. The summed E-state index contributed by atoms with van der Waals surface area (Å²) in [5.74, 6) is 0.761. The van der Waals surface area contributed by atoms with Gasteiger partial charge < -0.3 is 4.74 Å². The molecule has 1 amide bonds. The molecule has 1 atom stereocenters. The van der Waals surface area contributed by atoms with E-state index in [0.29, 0.717) is 19.8 Å². The van der Waals surface area contributed by atoms with Gasteiger partial charge >= 0.3 is 0 Å². The third-order valence-corrected chi connectivity index (χ3v) is 3.43. The van der Waals surface area contributed by atoms with Crippen molar-refractivity contribution in [2.45, 2.75) is 13.3 Å². The zero-order valence-corrected chi connectivity index (χ0v) is 11.9. The highest BCUT2D eigenvalue weighted by atomic mass is 127. The van der Waals surface area contributed by atoms with Crippen LogP contribution in [0.2, 0.25) is 0 Å². The van der Waals surface area contributed by atoms with Crippen LogP contribution in [0.3, 0.4) is 0 Å². The van der Waals surface area contributed by atoms with Crippen molar-refractivity contribution in [3.63, 3.8) is 0 Å². The molecule has 0 aliphatic carbocycles. The van der Waals surface area contributed by atoms with Crippen LogP contribution in [0.4, 0.5) is 0 Å². The molecule has 2 aliphatic heterocycles. The topological polar surface area (TPSA) is 41.9 Å². The Hall–Kier alpha value is -0.690. The molecule has 5 heteroatoms. The number of rotatable bonds is 3. The zero-order valence-electron chi connectivity index (χ0n) is 9.73. The zero-order chi connectivity index (χ0) is 12.3. The Morgan fingerprint density at radius 1 is 1.65 bits per heavy atom. The molecule has 0 aromatic heterocycles. The van der Waals surface area contributed by atoms with Gasteiger partial charge in [-0.05, 0) is 48.1 Å². The Morgan fingerprint density at radius 3 is 3.24 bits per heavy atom. The highest BCUT2D eigenvalue weighted by molar-refractivity contribution is 14.1. The molecule has 0 bridgehead atoms. The Kier molecular flexibility index (Phi) is 4.33.